The predicted molar refractivity (Wildman–Crippen MR) is 89.8 cm³/mol. The normalized spacial score (nSPS) is 12.4. The molecule has 0 saturated carbocycles. The minimum absolute atomic E-state index is 0.0249. The topological polar surface area (TPSA) is 32.3 Å². The molecule has 1 atom stereocenters. The van der Waals surface area contributed by atoms with Crippen LogP contribution in [0.1, 0.15) is 24.1 Å². The van der Waals surface area contributed by atoms with Crippen LogP contribution < -0.4 is 5.32 Å². The Kier molecular flexibility index (Phi) is 5.64. The Morgan fingerprint density at radius 2 is 1.71 bits per heavy atom. The molecule has 6 heteroatoms. The third-order valence-electron chi connectivity index (χ3n) is 3.15. The van der Waals surface area contributed by atoms with Crippen molar-refractivity contribution in [2.75, 3.05) is 0 Å². The summed E-state index contributed by atoms with van der Waals surface area (Å²) in [4.78, 5) is 0. The molecule has 1 unspecified atom stereocenters. The Labute approximate surface area is 143 Å². The van der Waals surface area contributed by atoms with Gasteiger partial charge in [0.2, 0.25) is 0 Å². The summed E-state index contributed by atoms with van der Waals surface area (Å²) in [6.45, 7) is 2.41. The largest absolute Gasteiger partial charge is 0.506 e. The van der Waals surface area contributed by atoms with Gasteiger partial charge in [0, 0.05) is 23.2 Å². The fourth-order valence-electron chi connectivity index (χ4n) is 1.92. The summed E-state index contributed by atoms with van der Waals surface area (Å²) in [6.07, 6.45) is 0. The molecule has 0 bridgehead atoms. The van der Waals surface area contributed by atoms with Crippen LogP contribution in [0.5, 0.6) is 5.75 Å². The summed E-state index contributed by atoms with van der Waals surface area (Å²) >= 11 is 23.7. The highest BCUT2D eigenvalue weighted by atomic mass is 35.5. The number of rotatable bonds is 4. The Bertz CT molecular complexity index is 660. The van der Waals surface area contributed by atoms with E-state index in [0.29, 0.717) is 27.2 Å². The van der Waals surface area contributed by atoms with Crippen LogP contribution in [0.3, 0.4) is 0 Å². The van der Waals surface area contributed by atoms with E-state index in [0.717, 1.165) is 5.56 Å². The highest BCUT2D eigenvalue weighted by Crippen LogP contribution is 2.31. The zero-order valence-corrected chi connectivity index (χ0v) is 14.2. The molecule has 112 valence electrons. The molecule has 0 saturated heterocycles. The smallest absolute Gasteiger partial charge is 0.138 e. The fraction of sp³-hybridized carbons (Fsp3) is 0.200. The SMILES string of the molecule is CC(NCc1cc(Cl)cc(Cl)c1O)c1ccc(Cl)c(Cl)c1. The van der Waals surface area contributed by atoms with Gasteiger partial charge in [-0.2, -0.15) is 0 Å². The summed E-state index contributed by atoms with van der Waals surface area (Å²) < 4.78 is 0. The van der Waals surface area contributed by atoms with Gasteiger partial charge in [0.15, 0.2) is 0 Å². The maximum Gasteiger partial charge on any atom is 0.138 e. The molecule has 0 fully saturated rings. The van der Waals surface area contributed by atoms with Gasteiger partial charge in [-0.15, -0.1) is 0 Å². The van der Waals surface area contributed by atoms with Crippen LogP contribution in [0.15, 0.2) is 30.3 Å². The van der Waals surface area contributed by atoms with Gasteiger partial charge in [0.05, 0.1) is 15.1 Å². The third-order valence-corrected chi connectivity index (χ3v) is 4.39. The van der Waals surface area contributed by atoms with Crippen LogP contribution >= 0.6 is 46.4 Å². The third kappa shape index (κ3) is 4.18. The van der Waals surface area contributed by atoms with E-state index in [1.165, 1.54) is 6.07 Å². The van der Waals surface area contributed by atoms with Crippen molar-refractivity contribution >= 4 is 46.4 Å². The van der Waals surface area contributed by atoms with Crippen molar-refractivity contribution in [1.29, 1.82) is 0 Å². The van der Waals surface area contributed by atoms with E-state index in [9.17, 15) is 5.11 Å². The lowest BCUT2D eigenvalue weighted by Crippen LogP contribution is -2.18. The Morgan fingerprint density at radius 1 is 1.00 bits per heavy atom. The van der Waals surface area contributed by atoms with Gasteiger partial charge < -0.3 is 10.4 Å². The summed E-state index contributed by atoms with van der Waals surface area (Å²) in [5, 5.41) is 14.9. The minimum atomic E-state index is 0.0249. The lowest BCUT2D eigenvalue weighted by atomic mass is 10.1. The lowest BCUT2D eigenvalue weighted by molar-refractivity contribution is 0.460. The van der Waals surface area contributed by atoms with Crippen LogP contribution in [0.4, 0.5) is 0 Å². The van der Waals surface area contributed by atoms with Crippen LogP contribution in [0, 0.1) is 0 Å². The van der Waals surface area contributed by atoms with E-state index in [1.54, 1.807) is 12.1 Å². The molecule has 2 nitrogen and oxygen atoms in total. The first-order valence-electron chi connectivity index (χ1n) is 6.23. The molecule has 2 aromatic rings. The second kappa shape index (κ2) is 7.08. The van der Waals surface area contributed by atoms with Gasteiger partial charge in [-0.05, 0) is 36.8 Å². The van der Waals surface area contributed by atoms with Gasteiger partial charge in [-0.1, -0.05) is 52.5 Å². The highest BCUT2D eigenvalue weighted by Gasteiger charge is 2.11. The standard InChI is InChI=1S/C15H13Cl4NO/c1-8(9-2-3-12(17)13(18)5-9)20-7-10-4-11(16)6-14(19)15(10)21/h2-6,8,20-21H,7H2,1H3. The maximum absolute atomic E-state index is 9.92. The second-order valence-electron chi connectivity index (χ2n) is 4.67. The summed E-state index contributed by atoms with van der Waals surface area (Å²) in [5.74, 6) is 0.0369. The number of hydrogen-bond donors (Lipinski definition) is 2. The summed E-state index contributed by atoms with van der Waals surface area (Å²) in [5.41, 5.74) is 1.64. The van der Waals surface area contributed by atoms with Crippen molar-refractivity contribution in [3.63, 3.8) is 0 Å². The molecule has 0 amide bonds. The fourth-order valence-corrected chi connectivity index (χ4v) is 2.76. The summed E-state index contributed by atoms with van der Waals surface area (Å²) in [6, 6.07) is 8.67. The molecule has 0 spiro atoms. The van der Waals surface area contributed by atoms with Crippen molar-refractivity contribution in [2.45, 2.75) is 19.5 Å². The van der Waals surface area contributed by atoms with Crippen molar-refractivity contribution in [1.82, 2.24) is 5.32 Å². The predicted octanol–water partition coefficient (Wildman–Crippen LogP) is 5.86. The maximum atomic E-state index is 9.92. The molecule has 2 N–H and O–H groups in total. The number of nitrogens with one attached hydrogen (secondary N) is 1. The molecule has 0 aromatic heterocycles. The van der Waals surface area contributed by atoms with Crippen LogP contribution in [-0.2, 0) is 6.54 Å². The molecular formula is C15H13Cl4NO. The number of phenolic OH excluding ortho intramolecular Hbond substituents is 1. The Balaban J connectivity index is 2.10. The molecule has 0 radical (unpaired) electrons. The molecule has 0 aliphatic carbocycles. The van der Waals surface area contributed by atoms with E-state index in [4.69, 9.17) is 46.4 Å². The number of phenols is 1. The van der Waals surface area contributed by atoms with Crippen LogP contribution in [-0.4, -0.2) is 5.11 Å². The molecule has 21 heavy (non-hydrogen) atoms. The van der Waals surface area contributed by atoms with Gasteiger partial charge in [-0.25, -0.2) is 0 Å². The number of hydrogen-bond acceptors (Lipinski definition) is 2. The van der Waals surface area contributed by atoms with E-state index in [-0.39, 0.29) is 16.8 Å². The molecule has 0 aliphatic rings. The van der Waals surface area contributed by atoms with Gasteiger partial charge in [-0.3, -0.25) is 0 Å². The average molecular weight is 365 g/mol. The zero-order chi connectivity index (χ0) is 15.6. The Morgan fingerprint density at radius 3 is 2.38 bits per heavy atom. The average Bonchev–Trinajstić information content (AvgIpc) is 2.43. The monoisotopic (exact) mass is 363 g/mol. The quantitative estimate of drug-likeness (QED) is 0.712. The highest BCUT2D eigenvalue weighted by molar-refractivity contribution is 6.42. The van der Waals surface area contributed by atoms with Crippen molar-refractivity contribution in [2.24, 2.45) is 0 Å². The first-order valence-corrected chi connectivity index (χ1v) is 7.75. The van der Waals surface area contributed by atoms with Crippen molar-refractivity contribution in [3.05, 3.63) is 61.5 Å². The van der Waals surface area contributed by atoms with Crippen molar-refractivity contribution in [3.8, 4) is 5.75 Å². The van der Waals surface area contributed by atoms with Gasteiger partial charge in [0.1, 0.15) is 5.75 Å². The zero-order valence-electron chi connectivity index (χ0n) is 11.1. The lowest BCUT2D eigenvalue weighted by Gasteiger charge is -2.16. The van der Waals surface area contributed by atoms with E-state index < -0.39 is 0 Å². The van der Waals surface area contributed by atoms with Crippen molar-refractivity contribution < 1.29 is 5.11 Å². The first kappa shape index (κ1) is 16.7. The second-order valence-corrected chi connectivity index (χ2v) is 6.33. The van der Waals surface area contributed by atoms with Crippen LogP contribution in [0.2, 0.25) is 20.1 Å². The summed E-state index contributed by atoms with van der Waals surface area (Å²) in [7, 11) is 0. The van der Waals surface area contributed by atoms with Crippen LogP contribution in [0.25, 0.3) is 0 Å². The van der Waals surface area contributed by atoms with Gasteiger partial charge >= 0.3 is 0 Å². The number of aromatic hydroxyl groups is 1. The first-order chi connectivity index (χ1) is 9.88. The van der Waals surface area contributed by atoms with E-state index >= 15 is 0 Å². The molecule has 2 aromatic carbocycles. The Hall–Kier alpha value is -0.640. The minimum Gasteiger partial charge on any atom is -0.506 e. The van der Waals surface area contributed by atoms with Gasteiger partial charge in [0.25, 0.3) is 0 Å². The number of benzene rings is 2. The number of halogens is 4. The molecular weight excluding hydrogens is 352 g/mol. The molecule has 0 aliphatic heterocycles. The molecule has 2 rings (SSSR count). The molecule has 0 heterocycles. The van der Waals surface area contributed by atoms with E-state index in [1.807, 2.05) is 19.1 Å². The van der Waals surface area contributed by atoms with E-state index in [2.05, 4.69) is 5.32 Å².